The molecule has 0 aliphatic carbocycles. The van der Waals surface area contributed by atoms with Crippen LogP contribution >= 0.6 is 15.9 Å². The van der Waals surface area contributed by atoms with Gasteiger partial charge in [-0.1, -0.05) is 11.6 Å². The van der Waals surface area contributed by atoms with Crippen LogP contribution in [0.3, 0.4) is 0 Å². The average molecular weight is 324 g/mol. The van der Waals surface area contributed by atoms with Gasteiger partial charge >= 0.3 is 6.09 Å². The van der Waals surface area contributed by atoms with Crippen molar-refractivity contribution in [2.75, 3.05) is 0 Å². The number of carbonyl (C=O) groups is 1. The van der Waals surface area contributed by atoms with E-state index in [9.17, 15) is 4.79 Å². The monoisotopic (exact) mass is 323 g/mol. The molecule has 0 N–H and O–H groups in total. The first kappa shape index (κ1) is 14.1. The van der Waals surface area contributed by atoms with Gasteiger partial charge in [-0.15, -0.1) is 0 Å². The smallest absolute Gasteiger partial charge is 0.419 e. The minimum Gasteiger partial charge on any atom is -0.443 e. The molecule has 0 aliphatic rings. The molecular formula is C15H18BrNO2. The van der Waals surface area contributed by atoms with E-state index in [0.717, 1.165) is 20.9 Å². The van der Waals surface area contributed by atoms with Crippen molar-refractivity contribution in [3.8, 4) is 0 Å². The van der Waals surface area contributed by atoms with E-state index in [2.05, 4.69) is 28.1 Å². The lowest BCUT2D eigenvalue weighted by Gasteiger charge is -2.20. The van der Waals surface area contributed by atoms with Crippen LogP contribution in [0.5, 0.6) is 0 Å². The van der Waals surface area contributed by atoms with Crippen LogP contribution in [-0.2, 0) is 4.74 Å². The molecule has 102 valence electrons. The van der Waals surface area contributed by atoms with E-state index in [1.807, 2.05) is 34.6 Å². The summed E-state index contributed by atoms with van der Waals surface area (Å²) in [5, 5.41) is 1.03. The number of ether oxygens (including phenoxy) is 1. The van der Waals surface area contributed by atoms with E-state index >= 15 is 0 Å². The fraction of sp³-hybridized carbons (Fsp3) is 0.400. The molecule has 0 aliphatic heterocycles. The standard InChI is InChI=1S/C15H18BrNO2/c1-9-6-10(2)13-11(7-9)12(16)8-17(13)14(18)19-15(3,4)5/h6-8H,1-5H3. The fourth-order valence-corrected chi connectivity index (χ4v) is 2.67. The minimum absolute atomic E-state index is 0.352. The molecule has 0 amide bonds. The topological polar surface area (TPSA) is 31.2 Å². The van der Waals surface area contributed by atoms with Gasteiger partial charge in [0.15, 0.2) is 0 Å². The predicted octanol–water partition coefficient (Wildman–Crippen LogP) is 4.80. The van der Waals surface area contributed by atoms with Crippen LogP contribution in [0.2, 0.25) is 0 Å². The number of halogens is 1. The van der Waals surface area contributed by atoms with Crippen LogP contribution < -0.4 is 0 Å². The number of benzene rings is 1. The second-order valence-electron chi connectivity index (χ2n) is 5.81. The third-order valence-corrected chi connectivity index (χ3v) is 3.41. The van der Waals surface area contributed by atoms with Crippen LogP contribution in [0.15, 0.2) is 22.8 Å². The van der Waals surface area contributed by atoms with Gasteiger partial charge in [-0.3, -0.25) is 4.57 Å². The van der Waals surface area contributed by atoms with Crippen molar-refractivity contribution in [1.82, 2.24) is 4.57 Å². The van der Waals surface area contributed by atoms with Gasteiger partial charge in [-0.05, 0) is 62.2 Å². The highest BCUT2D eigenvalue weighted by Gasteiger charge is 2.21. The third-order valence-electron chi connectivity index (χ3n) is 2.78. The van der Waals surface area contributed by atoms with Crippen molar-refractivity contribution in [2.45, 2.75) is 40.2 Å². The van der Waals surface area contributed by atoms with E-state index in [1.54, 1.807) is 10.8 Å². The Morgan fingerprint density at radius 2 is 1.89 bits per heavy atom. The summed E-state index contributed by atoms with van der Waals surface area (Å²) in [4.78, 5) is 12.2. The lowest BCUT2D eigenvalue weighted by atomic mass is 10.1. The lowest BCUT2D eigenvalue weighted by Crippen LogP contribution is -2.26. The highest BCUT2D eigenvalue weighted by atomic mass is 79.9. The van der Waals surface area contributed by atoms with E-state index in [0.29, 0.717) is 0 Å². The molecule has 3 nitrogen and oxygen atoms in total. The van der Waals surface area contributed by atoms with Gasteiger partial charge in [0, 0.05) is 16.1 Å². The Morgan fingerprint density at radius 1 is 1.26 bits per heavy atom. The van der Waals surface area contributed by atoms with Gasteiger partial charge in [0.05, 0.1) is 5.52 Å². The normalized spacial score (nSPS) is 11.9. The van der Waals surface area contributed by atoms with E-state index < -0.39 is 5.60 Å². The Morgan fingerprint density at radius 3 is 2.47 bits per heavy atom. The Bertz CT molecular complexity index is 650. The van der Waals surface area contributed by atoms with E-state index in [1.165, 1.54) is 5.56 Å². The Hall–Kier alpha value is -1.29. The maximum Gasteiger partial charge on any atom is 0.419 e. The third kappa shape index (κ3) is 2.84. The van der Waals surface area contributed by atoms with Crippen molar-refractivity contribution in [1.29, 1.82) is 0 Å². The number of hydrogen-bond donors (Lipinski definition) is 0. The van der Waals surface area contributed by atoms with Crippen molar-refractivity contribution in [3.05, 3.63) is 33.9 Å². The number of carbonyl (C=O) groups excluding carboxylic acids is 1. The van der Waals surface area contributed by atoms with Crippen molar-refractivity contribution >= 4 is 32.9 Å². The molecular weight excluding hydrogens is 306 g/mol. The first-order valence-electron chi connectivity index (χ1n) is 6.20. The Balaban J connectivity index is 2.59. The largest absolute Gasteiger partial charge is 0.443 e. The number of rotatable bonds is 0. The highest BCUT2D eigenvalue weighted by Crippen LogP contribution is 2.30. The molecule has 2 aromatic rings. The molecule has 4 heteroatoms. The number of aromatic nitrogens is 1. The minimum atomic E-state index is -0.501. The molecule has 1 aromatic carbocycles. The van der Waals surface area contributed by atoms with Crippen LogP contribution in [0.1, 0.15) is 31.9 Å². The average Bonchev–Trinajstić information content (AvgIpc) is 2.54. The summed E-state index contributed by atoms with van der Waals surface area (Å²) in [6, 6.07) is 4.13. The van der Waals surface area contributed by atoms with Gasteiger partial charge in [0.1, 0.15) is 5.60 Å². The number of fused-ring (bicyclic) bond motifs is 1. The maximum absolute atomic E-state index is 12.2. The molecule has 0 saturated heterocycles. The Labute approximate surface area is 121 Å². The van der Waals surface area contributed by atoms with Crippen LogP contribution in [-0.4, -0.2) is 16.3 Å². The molecule has 19 heavy (non-hydrogen) atoms. The Kier molecular flexibility index (Phi) is 3.47. The zero-order chi connectivity index (χ0) is 14.4. The molecule has 0 fully saturated rings. The summed E-state index contributed by atoms with van der Waals surface area (Å²) < 4.78 is 7.91. The van der Waals surface area contributed by atoms with Crippen LogP contribution in [0, 0.1) is 13.8 Å². The van der Waals surface area contributed by atoms with Gasteiger partial charge in [0.25, 0.3) is 0 Å². The molecule has 0 spiro atoms. The number of nitrogens with zero attached hydrogens (tertiary/aromatic N) is 1. The van der Waals surface area contributed by atoms with Crippen LogP contribution in [0.4, 0.5) is 4.79 Å². The molecule has 0 radical (unpaired) electrons. The summed E-state index contributed by atoms with van der Waals surface area (Å²) in [5.41, 5.74) is 2.63. The van der Waals surface area contributed by atoms with Crippen LogP contribution in [0.25, 0.3) is 10.9 Å². The first-order chi connectivity index (χ1) is 8.69. The quantitative estimate of drug-likeness (QED) is 0.697. The second kappa shape index (κ2) is 4.67. The zero-order valence-corrected chi connectivity index (χ0v) is 13.5. The molecule has 2 rings (SSSR count). The molecule has 0 unspecified atom stereocenters. The first-order valence-corrected chi connectivity index (χ1v) is 6.99. The molecule has 0 saturated carbocycles. The zero-order valence-electron chi connectivity index (χ0n) is 11.9. The maximum atomic E-state index is 12.2. The number of aryl methyl sites for hydroxylation is 2. The van der Waals surface area contributed by atoms with Gasteiger partial charge in [0.2, 0.25) is 0 Å². The molecule has 1 heterocycles. The lowest BCUT2D eigenvalue weighted by molar-refractivity contribution is 0.0544. The SMILES string of the molecule is Cc1cc(C)c2c(c1)c(Br)cn2C(=O)OC(C)(C)C. The highest BCUT2D eigenvalue weighted by molar-refractivity contribution is 9.10. The fourth-order valence-electron chi connectivity index (χ4n) is 2.16. The van der Waals surface area contributed by atoms with Crippen molar-refractivity contribution in [2.24, 2.45) is 0 Å². The van der Waals surface area contributed by atoms with Gasteiger partial charge in [-0.2, -0.15) is 0 Å². The summed E-state index contributed by atoms with van der Waals surface area (Å²) in [5.74, 6) is 0. The van der Waals surface area contributed by atoms with Gasteiger partial charge < -0.3 is 4.74 Å². The second-order valence-corrected chi connectivity index (χ2v) is 6.66. The van der Waals surface area contributed by atoms with E-state index in [4.69, 9.17) is 4.74 Å². The number of hydrogen-bond acceptors (Lipinski definition) is 2. The van der Waals surface area contributed by atoms with E-state index in [-0.39, 0.29) is 6.09 Å². The predicted molar refractivity (Wildman–Crippen MR) is 80.7 cm³/mol. The molecule has 1 aromatic heterocycles. The van der Waals surface area contributed by atoms with Gasteiger partial charge in [-0.25, -0.2) is 4.79 Å². The molecule has 0 bridgehead atoms. The summed E-state index contributed by atoms with van der Waals surface area (Å²) in [6.45, 7) is 9.64. The van der Waals surface area contributed by atoms with Crippen molar-refractivity contribution < 1.29 is 9.53 Å². The molecule has 0 atom stereocenters. The summed E-state index contributed by atoms with van der Waals surface area (Å²) in [7, 11) is 0. The van der Waals surface area contributed by atoms with Crippen molar-refractivity contribution in [3.63, 3.8) is 0 Å². The summed E-state index contributed by atoms with van der Waals surface area (Å²) in [6.07, 6.45) is 1.42. The summed E-state index contributed by atoms with van der Waals surface area (Å²) >= 11 is 3.51.